The Bertz CT molecular complexity index is 352. The molecule has 26 heavy (non-hydrogen) atoms. The first kappa shape index (κ1) is 22.3. The minimum atomic E-state index is 0.498. The summed E-state index contributed by atoms with van der Waals surface area (Å²) in [6.45, 7) is 10.5. The van der Waals surface area contributed by atoms with Gasteiger partial charge in [-0.15, -0.1) is 0 Å². The maximum absolute atomic E-state index is 2.69. The summed E-state index contributed by atoms with van der Waals surface area (Å²) < 4.78 is 0. The van der Waals surface area contributed by atoms with Crippen LogP contribution in [0, 0.1) is 16.2 Å². The van der Waals surface area contributed by atoms with Crippen LogP contribution in [-0.4, -0.2) is 0 Å². The lowest BCUT2D eigenvalue weighted by Gasteiger charge is -2.61. The van der Waals surface area contributed by atoms with Crippen LogP contribution in [0.4, 0.5) is 0 Å². The van der Waals surface area contributed by atoms with Crippen LogP contribution in [0.15, 0.2) is 0 Å². The number of hydrogen-bond acceptors (Lipinski definition) is 0. The summed E-state index contributed by atoms with van der Waals surface area (Å²) in [5, 5.41) is 0. The highest BCUT2D eigenvalue weighted by molar-refractivity contribution is 5.05. The van der Waals surface area contributed by atoms with Crippen molar-refractivity contribution in [3.63, 3.8) is 0 Å². The van der Waals surface area contributed by atoms with E-state index < -0.39 is 0 Å². The van der Waals surface area contributed by atoms with Crippen molar-refractivity contribution in [2.45, 2.75) is 150 Å². The topological polar surface area (TPSA) is 0 Å². The molecule has 0 heterocycles. The number of hydrogen-bond donors (Lipinski definition) is 0. The summed E-state index contributed by atoms with van der Waals surface area (Å²) in [6, 6.07) is 0. The molecule has 0 aromatic heterocycles. The van der Waals surface area contributed by atoms with Crippen LogP contribution in [0.3, 0.4) is 0 Å². The summed E-state index contributed by atoms with van der Waals surface area (Å²) in [7, 11) is 0. The molecule has 0 spiro atoms. The lowest BCUT2D eigenvalue weighted by Crippen LogP contribution is -2.52. The summed E-state index contributed by atoms with van der Waals surface area (Å²) in [5.74, 6) is 0. The molecule has 2 saturated carbocycles. The maximum atomic E-state index is 2.69. The monoisotopic (exact) mass is 362 g/mol. The Morgan fingerprint density at radius 1 is 0.538 bits per heavy atom. The summed E-state index contributed by atoms with van der Waals surface area (Å²) in [6.07, 6.45) is 28.1. The van der Waals surface area contributed by atoms with E-state index in [0.717, 1.165) is 0 Å². The Labute approximate surface area is 166 Å². The van der Waals surface area contributed by atoms with Gasteiger partial charge in [-0.1, -0.05) is 118 Å². The minimum Gasteiger partial charge on any atom is -0.0648 e. The van der Waals surface area contributed by atoms with E-state index in [9.17, 15) is 0 Å². The van der Waals surface area contributed by atoms with Crippen molar-refractivity contribution in [3.05, 3.63) is 0 Å². The van der Waals surface area contributed by atoms with E-state index in [1.807, 2.05) is 0 Å². The van der Waals surface area contributed by atoms with Gasteiger partial charge in [-0.2, -0.15) is 0 Å². The van der Waals surface area contributed by atoms with Gasteiger partial charge >= 0.3 is 0 Å². The fraction of sp³-hybridized carbons (Fsp3) is 1.00. The van der Waals surface area contributed by atoms with Crippen LogP contribution in [0.1, 0.15) is 150 Å². The molecule has 0 aromatic rings. The fourth-order valence-electron chi connectivity index (χ4n) is 6.39. The Hall–Kier alpha value is 0. The van der Waals surface area contributed by atoms with Crippen LogP contribution < -0.4 is 0 Å². The molecule has 2 fully saturated rings. The van der Waals surface area contributed by atoms with E-state index in [1.165, 1.54) is 122 Å². The van der Waals surface area contributed by atoms with Gasteiger partial charge in [-0.25, -0.2) is 0 Å². The highest BCUT2D eigenvalue weighted by Crippen LogP contribution is 2.65. The smallest absolute Gasteiger partial charge is 0.0244 e. The zero-order chi connectivity index (χ0) is 18.9. The number of rotatable bonds is 3. The Morgan fingerprint density at radius 3 is 1.15 bits per heavy atom. The lowest BCUT2D eigenvalue weighted by atomic mass is 9.44. The molecule has 0 amide bonds. The molecule has 0 atom stereocenters. The molecule has 0 unspecified atom stereocenters. The second-order valence-electron chi connectivity index (χ2n) is 10.8. The van der Waals surface area contributed by atoms with Gasteiger partial charge in [0.2, 0.25) is 0 Å². The van der Waals surface area contributed by atoms with Gasteiger partial charge in [0, 0.05) is 0 Å². The molecule has 2 aliphatic carbocycles. The van der Waals surface area contributed by atoms with Crippen molar-refractivity contribution in [1.82, 2.24) is 0 Å². The average Bonchev–Trinajstić information content (AvgIpc) is 2.56. The van der Waals surface area contributed by atoms with E-state index in [2.05, 4.69) is 27.7 Å². The molecule has 2 rings (SSSR count). The normalized spacial score (nSPS) is 26.8. The molecular weight excluding hydrogens is 312 g/mol. The third kappa shape index (κ3) is 5.29. The Balaban J connectivity index is 2.00. The predicted molar refractivity (Wildman–Crippen MR) is 118 cm³/mol. The maximum Gasteiger partial charge on any atom is -0.0244 e. The first-order valence-corrected chi connectivity index (χ1v) is 12.5. The second-order valence-corrected chi connectivity index (χ2v) is 10.8. The summed E-state index contributed by atoms with van der Waals surface area (Å²) in [5.41, 5.74) is 1.68. The quantitative estimate of drug-likeness (QED) is 0.469. The van der Waals surface area contributed by atoms with Crippen molar-refractivity contribution in [2.24, 2.45) is 16.2 Å². The van der Waals surface area contributed by atoms with Crippen molar-refractivity contribution in [2.75, 3.05) is 0 Å². The van der Waals surface area contributed by atoms with Crippen molar-refractivity contribution in [1.29, 1.82) is 0 Å². The van der Waals surface area contributed by atoms with E-state index in [0.29, 0.717) is 16.2 Å². The van der Waals surface area contributed by atoms with Crippen molar-refractivity contribution in [3.8, 4) is 0 Å². The molecule has 0 aliphatic heterocycles. The average molecular weight is 363 g/mol. The Morgan fingerprint density at radius 2 is 0.885 bits per heavy atom. The van der Waals surface area contributed by atoms with Gasteiger partial charge in [0.1, 0.15) is 0 Å². The van der Waals surface area contributed by atoms with Gasteiger partial charge in [0.25, 0.3) is 0 Å². The molecule has 0 nitrogen and oxygen atoms in total. The van der Waals surface area contributed by atoms with E-state index in [1.54, 1.807) is 0 Å². The Kier molecular flexibility index (Phi) is 9.02. The SMILES string of the molecule is CCC1(C(C)(C)C2(C)CCCCCCCCCCCCCCC2)CCC1. The van der Waals surface area contributed by atoms with Gasteiger partial charge < -0.3 is 0 Å². The van der Waals surface area contributed by atoms with E-state index in [4.69, 9.17) is 0 Å². The second kappa shape index (κ2) is 10.5. The lowest BCUT2D eigenvalue weighted by molar-refractivity contribution is -0.114. The third-order valence-corrected chi connectivity index (χ3v) is 9.28. The van der Waals surface area contributed by atoms with Crippen LogP contribution in [0.2, 0.25) is 0 Å². The van der Waals surface area contributed by atoms with Crippen LogP contribution in [-0.2, 0) is 0 Å². The molecule has 0 aromatic carbocycles. The van der Waals surface area contributed by atoms with E-state index >= 15 is 0 Å². The first-order chi connectivity index (χ1) is 12.5. The van der Waals surface area contributed by atoms with Crippen LogP contribution in [0.25, 0.3) is 0 Å². The molecule has 0 saturated heterocycles. The molecule has 2 aliphatic rings. The van der Waals surface area contributed by atoms with Crippen LogP contribution >= 0.6 is 0 Å². The molecule has 154 valence electrons. The highest BCUT2D eigenvalue weighted by Gasteiger charge is 2.55. The molecular formula is C26H50. The van der Waals surface area contributed by atoms with Gasteiger partial charge in [-0.05, 0) is 48.3 Å². The molecule has 0 bridgehead atoms. The van der Waals surface area contributed by atoms with Gasteiger partial charge in [-0.3, -0.25) is 0 Å². The van der Waals surface area contributed by atoms with Crippen molar-refractivity contribution < 1.29 is 0 Å². The largest absolute Gasteiger partial charge is 0.0648 e. The standard InChI is InChI=1S/C26H50/c1-5-26(22-19-23-26)24(2,3)25(4)20-17-15-13-11-9-7-6-8-10-12-14-16-18-21-25/h5-23H2,1-4H3. The minimum absolute atomic E-state index is 0.498. The third-order valence-electron chi connectivity index (χ3n) is 9.28. The fourth-order valence-corrected chi connectivity index (χ4v) is 6.39. The predicted octanol–water partition coefficient (Wildman–Crippen LogP) is 9.46. The summed E-state index contributed by atoms with van der Waals surface area (Å²) >= 11 is 0. The molecule has 0 radical (unpaired) electrons. The zero-order valence-electron chi connectivity index (χ0n) is 18.9. The van der Waals surface area contributed by atoms with E-state index in [-0.39, 0.29) is 0 Å². The van der Waals surface area contributed by atoms with Crippen molar-refractivity contribution >= 4 is 0 Å². The molecule has 0 N–H and O–H groups in total. The first-order valence-electron chi connectivity index (χ1n) is 12.5. The van der Waals surface area contributed by atoms with Gasteiger partial charge in [0.15, 0.2) is 0 Å². The zero-order valence-corrected chi connectivity index (χ0v) is 18.9. The highest BCUT2D eigenvalue weighted by atomic mass is 14.6. The van der Waals surface area contributed by atoms with Crippen LogP contribution in [0.5, 0.6) is 0 Å². The summed E-state index contributed by atoms with van der Waals surface area (Å²) in [4.78, 5) is 0. The van der Waals surface area contributed by atoms with Gasteiger partial charge in [0.05, 0.1) is 0 Å². The molecule has 0 heteroatoms.